The molecule has 3 unspecified atom stereocenters. The summed E-state index contributed by atoms with van der Waals surface area (Å²) in [6.07, 6.45) is 10.6. The van der Waals surface area contributed by atoms with Crippen molar-refractivity contribution in [2.75, 3.05) is 5.32 Å². The molecule has 4 heteroatoms. The quantitative estimate of drug-likeness (QED) is 0.858. The minimum absolute atomic E-state index is 0.177. The summed E-state index contributed by atoms with van der Waals surface area (Å²) in [7, 11) is 0. The zero-order valence-electron chi connectivity index (χ0n) is 11.6. The third-order valence-corrected chi connectivity index (χ3v) is 4.99. The lowest BCUT2D eigenvalue weighted by Gasteiger charge is -2.38. The number of aromatic amines is 1. The van der Waals surface area contributed by atoms with Gasteiger partial charge in [0.2, 0.25) is 5.91 Å². The Morgan fingerprint density at radius 3 is 2.79 bits per heavy atom. The van der Waals surface area contributed by atoms with Crippen LogP contribution in [-0.2, 0) is 4.79 Å². The lowest BCUT2D eigenvalue weighted by Crippen LogP contribution is -2.34. The molecule has 0 saturated heterocycles. The van der Waals surface area contributed by atoms with Gasteiger partial charge in [-0.3, -0.25) is 9.89 Å². The van der Waals surface area contributed by atoms with Crippen LogP contribution in [0.2, 0.25) is 0 Å². The number of aromatic nitrogens is 2. The number of amides is 1. The van der Waals surface area contributed by atoms with Crippen molar-refractivity contribution in [2.45, 2.75) is 51.9 Å². The lowest BCUT2D eigenvalue weighted by atomic mass is 9.67. The largest absolute Gasteiger partial charge is 0.311 e. The van der Waals surface area contributed by atoms with E-state index < -0.39 is 0 Å². The molecular weight excluding hydrogens is 238 g/mol. The van der Waals surface area contributed by atoms with Crippen LogP contribution in [0.5, 0.6) is 0 Å². The standard InChI is InChI=1S/C15H23N3O/c1-10-9-16-18-14(10)17-15(19)13-7-6-11-4-2-3-5-12(11)8-13/h9,11-13H,2-8H2,1H3,(H2,16,17,18,19). The molecular formula is C15H23N3O. The van der Waals surface area contributed by atoms with E-state index in [1.54, 1.807) is 6.20 Å². The first-order valence-electron chi connectivity index (χ1n) is 7.55. The average molecular weight is 261 g/mol. The molecule has 0 spiro atoms. The minimum Gasteiger partial charge on any atom is -0.311 e. The minimum atomic E-state index is 0.177. The van der Waals surface area contributed by atoms with Gasteiger partial charge in [-0.1, -0.05) is 25.7 Å². The summed E-state index contributed by atoms with van der Waals surface area (Å²) in [5, 5.41) is 9.79. The highest BCUT2D eigenvalue weighted by molar-refractivity contribution is 5.92. The Hall–Kier alpha value is -1.32. The van der Waals surface area contributed by atoms with E-state index in [0.29, 0.717) is 0 Å². The highest BCUT2D eigenvalue weighted by Gasteiger charge is 2.35. The van der Waals surface area contributed by atoms with Crippen molar-refractivity contribution >= 4 is 11.7 Å². The van der Waals surface area contributed by atoms with E-state index in [-0.39, 0.29) is 11.8 Å². The fourth-order valence-electron chi connectivity index (χ4n) is 3.81. The fourth-order valence-corrected chi connectivity index (χ4v) is 3.81. The van der Waals surface area contributed by atoms with Crippen LogP contribution in [0.4, 0.5) is 5.82 Å². The number of aryl methyl sites for hydroxylation is 1. The smallest absolute Gasteiger partial charge is 0.228 e. The summed E-state index contributed by atoms with van der Waals surface area (Å²) < 4.78 is 0. The van der Waals surface area contributed by atoms with Gasteiger partial charge < -0.3 is 5.32 Å². The topological polar surface area (TPSA) is 57.8 Å². The molecule has 1 aromatic heterocycles. The Labute approximate surface area is 114 Å². The van der Waals surface area contributed by atoms with Crippen LogP contribution in [0.25, 0.3) is 0 Å². The molecule has 2 saturated carbocycles. The van der Waals surface area contributed by atoms with Crippen LogP contribution in [0.15, 0.2) is 6.20 Å². The van der Waals surface area contributed by atoms with Gasteiger partial charge in [0.15, 0.2) is 0 Å². The van der Waals surface area contributed by atoms with E-state index in [4.69, 9.17) is 0 Å². The molecule has 3 atom stereocenters. The zero-order valence-corrected chi connectivity index (χ0v) is 11.6. The van der Waals surface area contributed by atoms with Gasteiger partial charge in [0.05, 0.1) is 6.20 Å². The molecule has 1 amide bonds. The second-order valence-electron chi connectivity index (χ2n) is 6.23. The predicted molar refractivity (Wildman–Crippen MR) is 74.7 cm³/mol. The summed E-state index contributed by atoms with van der Waals surface area (Å²) in [6.45, 7) is 1.96. The molecule has 4 nitrogen and oxygen atoms in total. The number of hydrogen-bond donors (Lipinski definition) is 2. The van der Waals surface area contributed by atoms with E-state index in [9.17, 15) is 4.79 Å². The predicted octanol–water partition coefficient (Wildman–Crippen LogP) is 3.26. The zero-order chi connectivity index (χ0) is 13.2. The molecule has 3 rings (SSSR count). The summed E-state index contributed by atoms with van der Waals surface area (Å²) in [5.74, 6) is 2.82. The lowest BCUT2D eigenvalue weighted by molar-refractivity contribution is -0.122. The maximum Gasteiger partial charge on any atom is 0.228 e. The SMILES string of the molecule is Cc1cn[nH]c1NC(=O)C1CCC2CCCCC2C1. The number of rotatable bonds is 2. The van der Waals surface area contributed by atoms with Crippen LogP contribution in [0, 0.1) is 24.7 Å². The molecule has 1 aromatic rings. The van der Waals surface area contributed by atoms with Crippen LogP contribution >= 0.6 is 0 Å². The van der Waals surface area contributed by atoms with Crippen molar-refractivity contribution in [3.05, 3.63) is 11.8 Å². The molecule has 2 aliphatic rings. The van der Waals surface area contributed by atoms with Crippen molar-refractivity contribution in [1.29, 1.82) is 0 Å². The summed E-state index contributed by atoms with van der Waals surface area (Å²) in [6, 6.07) is 0. The number of nitrogens with zero attached hydrogens (tertiary/aromatic N) is 1. The number of H-pyrrole nitrogens is 1. The fraction of sp³-hybridized carbons (Fsp3) is 0.733. The third kappa shape index (κ3) is 2.67. The average Bonchev–Trinajstić information content (AvgIpc) is 2.84. The van der Waals surface area contributed by atoms with Gasteiger partial charge in [0.1, 0.15) is 5.82 Å². The van der Waals surface area contributed by atoms with E-state index in [1.807, 2.05) is 6.92 Å². The van der Waals surface area contributed by atoms with Gasteiger partial charge in [-0.25, -0.2) is 0 Å². The maximum atomic E-state index is 12.3. The van der Waals surface area contributed by atoms with Crippen molar-refractivity contribution in [1.82, 2.24) is 10.2 Å². The first-order valence-corrected chi connectivity index (χ1v) is 7.55. The van der Waals surface area contributed by atoms with Crippen LogP contribution in [0.1, 0.15) is 50.5 Å². The molecule has 2 N–H and O–H groups in total. The first-order chi connectivity index (χ1) is 9.24. The Morgan fingerprint density at radius 1 is 1.26 bits per heavy atom. The van der Waals surface area contributed by atoms with Crippen molar-refractivity contribution in [3.8, 4) is 0 Å². The second kappa shape index (κ2) is 5.35. The number of anilines is 1. The molecule has 0 radical (unpaired) electrons. The Kier molecular flexibility index (Phi) is 3.58. The molecule has 0 aromatic carbocycles. The van der Waals surface area contributed by atoms with Gasteiger partial charge in [0.25, 0.3) is 0 Å². The van der Waals surface area contributed by atoms with Crippen molar-refractivity contribution in [3.63, 3.8) is 0 Å². The summed E-state index contributed by atoms with van der Waals surface area (Å²) in [5.41, 5.74) is 1.000. The first kappa shape index (κ1) is 12.7. The maximum absolute atomic E-state index is 12.3. The van der Waals surface area contributed by atoms with E-state index in [0.717, 1.165) is 36.1 Å². The Bertz CT molecular complexity index is 454. The van der Waals surface area contributed by atoms with Gasteiger partial charge in [-0.05, 0) is 38.0 Å². The number of nitrogens with one attached hydrogen (secondary N) is 2. The van der Waals surface area contributed by atoms with Gasteiger partial charge >= 0.3 is 0 Å². The summed E-state index contributed by atoms with van der Waals surface area (Å²) >= 11 is 0. The van der Waals surface area contributed by atoms with Crippen LogP contribution in [-0.4, -0.2) is 16.1 Å². The Morgan fingerprint density at radius 2 is 2.05 bits per heavy atom. The highest BCUT2D eigenvalue weighted by Crippen LogP contribution is 2.42. The molecule has 2 fully saturated rings. The van der Waals surface area contributed by atoms with E-state index in [2.05, 4.69) is 15.5 Å². The molecule has 104 valence electrons. The van der Waals surface area contributed by atoms with E-state index >= 15 is 0 Å². The third-order valence-electron chi connectivity index (χ3n) is 4.99. The number of carbonyl (C=O) groups excluding carboxylic acids is 1. The molecule has 19 heavy (non-hydrogen) atoms. The molecule has 0 bridgehead atoms. The number of hydrogen-bond acceptors (Lipinski definition) is 2. The van der Waals surface area contributed by atoms with E-state index in [1.165, 1.54) is 32.1 Å². The molecule has 0 aliphatic heterocycles. The monoisotopic (exact) mass is 261 g/mol. The normalized spacial score (nSPS) is 30.7. The number of fused-ring (bicyclic) bond motifs is 1. The van der Waals surface area contributed by atoms with Crippen molar-refractivity contribution < 1.29 is 4.79 Å². The second-order valence-corrected chi connectivity index (χ2v) is 6.23. The molecule has 1 heterocycles. The van der Waals surface area contributed by atoms with Gasteiger partial charge in [-0.2, -0.15) is 5.10 Å². The highest BCUT2D eigenvalue weighted by atomic mass is 16.2. The van der Waals surface area contributed by atoms with Gasteiger partial charge in [0, 0.05) is 11.5 Å². The summed E-state index contributed by atoms with van der Waals surface area (Å²) in [4.78, 5) is 12.3. The number of carbonyl (C=O) groups is 1. The van der Waals surface area contributed by atoms with Crippen LogP contribution in [0.3, 0.4) is 0 Å². The van der Waals surface area contributed by atoms with Crippen molar-refractivity contribution in [2.24, 2.45) is 17.8 Å². The van der Waals surface area contributed by atoms with Gasteiger partial charge in [-0.15, -0.1) is 0 Å². The Balaban J connectivity index is 1.60. The molecule has 2 aliphatic carbocycles. The van der Waals surface area contributed by atoms with Crippen LogP contribution < -0.4 is 5.32 Å².